The van der Waals surface area contributed by atoms with Crippen molar-refractivity contribution >= 4 is 18.2 Å². The van der Waals surface area contributed by atoms with E-state index in [2.05, 4.69) is 4.74 Å². The Morgan fingerprint density at radius 3 is 2.77 bits per heavy atom. The average molecular weight is 186 g/mol. The minimum Gasteiger partial charge on any atom is -0.433 e. The number of carbonyl (C=O) groups is 3. The summed E-state index contributed by atoms with van der Waals surface area (Å²) >= 11 is 0. The minimum atomic E-state index is -1.10. The summed E-state index contributed by atoms with van der Waals surface area (Å²) in [7, 11) is 0. The monoisotopic (exact) mass is 186 g/mol. The summed E-state index contributed by atoms with van der Waals surface area (Å²) in [5.74, 6) is -0.890. The van der Waals surface area contributed by atoms with Gasteiger partial charge in [-0.3, -0.25) is 14.4 Å². The number of amides is 1. The minimum absolute atomic E-state index is 0.193. The van der Waals surface area contributed by atoms with Gasteiger partial charge < -0.3 is 15.4 Å². The molecule has 6 nitrogen and oxygen atoms in total. The molecule has 0 saturated carbocycles. The molecule has 0 aromatic carbocycles. The maximum Gasteiger partial charge on any atom is 0.321 e. The second-order valence-corrected chi connectivity index (χ2v) is 2.56. The number of esters is 1. The van der Waals surface area contributed by atoms with Crippen LogP contribution in [0.2, 0.25) is 0 Å². The Balaban J connectivity index is 2.47. The van der Waals surface area contributed by atoms with Crippen molar-refractivity contribution in [3.8, 4) is 0 Å². The number of ether oxygens (including phenoxy) is 1. The Hall–Kier alpha value is -1.43. The van der Waals surface area contributed by atoms with Crippen LogP contribution in [0.3, 0.4) is 0 Å². The van der Waals surface area contributed by atoms with Gasteiger partial charge in [-0.15, -0.1) is 0 Å². The highest BCUT2D eigenvalue weighted by Gasteiger charge is 2.32. The van der Waals surface area contributed by atoms with E-state index in [0.717, 1.165) is 0 Å². The van der Waals surface area contributed by atoms with Gasteiger partial charge in [0, 0.05) is 13.0 Å². The van der Waals surface area contributed by atoms with E-state index in [0.29, 0.717) is 19.3 Å². The van der Waals surface area contributed by atoms with Crippen LogP contribution in [0.15, 0.2) is 0 Å². The summed E-state index contributed by atoms with van der Waals surface area (Å²) in [4.78, 5) is 33.1. The molecule has 1 aliphatic heterocycles. The third-order valence-corrected chi connectivity index (χ3v) is 1.73. The molecule has 6 heteroatoms. The predicted octanol–water partition coefficient (Wildman–Crippen LogP) is -1.75. The number of carbonyl (C=O) groups excluding carboxylic acids is 3. The topological polar surface area (TPSA) is 89.7 Å². The molecule has 0 spiro atoms. The fourth-order valence-corrected chi connectivity index (χ4v) is 0.949. The standard InChI is InChI=1S/C7H10N2O4/c8-3-7(12)13-6(4-10)9-2-1-5(9)11/h4,6H,1-3,8H2. The predicted molar refractivity (Wildman–Crippen MR) is 41.3 cm³/mol. The fraction of sp³-hybridized carbons (Fsp3) is 0.571. The van der Waals surface area contributed by atoms with Crippen LogP contribution in [0, 0.1) is 0 Å². The van der Waals surface area contributed by atoms with Crippen molar-refractivity contribution in [3.05, 3.63) is 0 Å². The molecule has 0 radical (unpaired) electrons. The largest absolute Gasteiger partial charge is 0.433 e. The van der Waals surface area contributed by atoms with Gasteiger partial charge >= 0.3 is 5.97 Å². The molecule has 1 saturated heterocycles. The van der Waals surface area contributed by atoms with Crippen LogP contribution in [0.25, 0.3) is 0 Å². The third-order valence-electron chi connectivity index (χ3n) is 1.73. The Labute approximate surface area is 74.6 Å². The number of hydrogen-bond donors (Lipinski definition) is 1. The second kappa shape index (κ2) is 3.99. The van der Waals surface area contributed by atoms with Gasteiger partial charge in [0.1, 0.15) is 0 Å². The Morgan fingerprint density at radius 2 is 2.46 bits per heavy atom. The summed E-state index contributed by atoms with van der Waals surface area (Å²) in [5, 5.41) is 0. The molecule has 0 aliphatic carbocycles. The van der Waals surface area contributed by atoms with Crippen molar-refractivity contribution in [2.24, 2.45) is 5.73 Å². The molecule has 1 rings (SSSR count). The lowest BCUT2D eigenvalue weighted by atomic mass is 10.2. The van der Waals surface area contributed by atoms with Gasteiger partial charge in [0.05, 0.1) is 6.54 Å². The van der Waals surface area contributed by atoms with E-state index >= 15 is 0 Å². The molecule has 2 N–H and O–H groups in total. The molecule has 1 heterocycles. The number of nitrogens with zero attached hydrogens (tertiary/aromatic N) is 1. The van der Waals surface area contributed by atoms with E-state index in [-0.39, 0.29) is 12.5 Å². The molecule has 1 fully saturated rings. The summed E-state index contributed by atoms with van der Waals surface area (Å²) in [5.41, 5.74) is 4.98. The highest BCUT2D eigenvalue weighted by molar-refractivity contribution is 5.85. The van der Waals surface area contributed by atoms with Gasteiger partial charge in [-0.1, -0.05) is 0 Å². The first-order valence-electron chi connectivity index (χ1n) is 3.83. The molecule has 0 aromatic heterocycles. The van der Waals surface area contributed by atoms with Gasteiger partial charge in [-0.2, -0.15) is 0 Å². The first-order chi connectivity index (χ1) is 6.19. The number of β-lactam (4-membered cyclic amide) rings is 1. The molecule has 1 aliphatic rings. The molecule has 13 heavy (non-hydrogen) atoms. The van der Waals surface area contributed by atoms with Crippen molar-refractivity contribution in [3.63, 3.8) is 0 Å². The highest BCUT2D eigenvalue weighted by atomic mass is 16.6. The average Bonchev–Trinajstić information content (AvgIpc) is 2.13. The van der Waals surface area contributed by atoms with Gasteiger partial charge in [0.15, 0.2) is 6.29 Å². The van der Waals surface area contributed by atoms with Crippen molar-refractivity contribution < 1.29 is 19.1 Å². The van der Waals surface area contributed by atoms with Gasteiger partial charge in [-0.05, 0) is 0 Å². The maximum absolute atomic E-state index is 10.8. The molecular weight excluding hydrogens is 176 g/mol. The van der Waals surface area contributed by atoms with E-state index in [1.54, 1.807) is 0 Å². The zero-order valence-corrected chi connectivity index (χ0v) is 6.93. The van der Waals surface area contributed by atoms with Gasteiger partial charge in [0.2, 0.25) is 12.1 Å². The summed E-state index contributed by atoms with van der Waals surface area (Å²) < 4.78 is 4.60. The summed E-state index contributed by atoms with van der Waals surface area (Å²) in [6.45, 7) is 0.145. The lowest BCUT2D eigenvalue weighted by molar-refractivity contribution is -0.172. The van der Waals surface area contributed by atoms with Crippen LogP contribution in [0.5, 0.6) is 0 Å². The molecule has 1 amide bonds. The Bertz CT molecular complexity index is 241. The first-order valence-corrected chi connectivity index (χ1v) is 3.83. The maximum atomic E-state index is 10.8. The number of rotatable bonds is 4. The van der Waals surface area contributed by atoms with Crippen LogP contribution < -0.4 is 5.73 Å². The molecule has 72 valence electrons. The lowest BCUT2D eigenvalue weighted by Crippen LogP contribution is -2.52. The molecule has 1 atom stereocenters. The van der Waals surface area contributed by atoms with Crippen molar-refractivity contribution in [1.29, 1.82) is 0 Å². The van der Waals surface area contributed by atoms with Gasteiger partial charge in [-0.25, -0.2) is 0 Å². The molecule has 0 aromatic rings. The lowest BCUT2D eigenvalue weighted by Gasteiger charge is -2.34. The second-order valence-electron chi connectivity index (χ2n) is 2.56. The Kier molecular flexibility index (Phi) is 2.97. The SMILES string of the molecule is NCC(=O)OC(C=O)N1CCC1=O. The highest BCUT2D eigenvalue weighted by Crippen LogP contribution is 2.12. The summed E-state index contributed by atoms with van der Waals surface area (Å²) in [6.07, 6.45) is -0.299. The van der Waals surface area contributed by atoms with Crippen LogP contribution in [0.4, 0.5) is 0 Å². The first kappa shape index (κ1) is 9.66. The number of aldehydes is 1. The van der Waals surface area contributed by atoms with E-state index < -0.39 is 12.2 Å². The third kappa shape index (κ3) is 2.03. The number of likely N-dealkylation sites (tertiary alicyclic amines) is 1. The van der Waals surface area contributed by atoms with E-state index in [4.69, 9.17) is 5.73 Å². The fourth-order valence-electron chi connectivity index (χ4n) is 0.949. The van der Waals surface area contributed by atoms with E-state index in [1.165, 1.54) is 4.90 Å². The smallest absolute Gasteiger partial charge is 0.321 e. The molecule has 0 bridgehead atoms. The van der Waals surface area contributed by atoms with E-state index in [9.17, 15) is 14.4 Å². The van der Waals surface area contributed by atoms with Crippen LogP contribution in [0.1, 0.15) is 6.42 Å². The van der Waals surface area contributed by atoms with Crippen LogP contribution in [-0.2, 0) is 19.1 Å². The van der Waals surface area contributed by atoms with Crippen LogP contribution >= 0.6 is 0 Å². The van der Waals surface area contributed by atoms with E-state index in [1.807, 2.05) is 0 Å². The zero-order valence-electron chi connectivity index (χ0n) is 6.93. The van der Waals surface area contributed by atoms with Crippen molar-refractivity contribution in [2.45, 2.75) is 12.6 Å². The normalized spacial score (nSPS) is 17.6. The van der Waals surface area contributed by atoms with Crippen molar-refractivity contribution in [2.75, 3.05) is 13.1 Å². The molecular formula is C7H10N2O4. The van der Waals surface area contributed by atoms with Gasteiger partial charge in [0.25, 0.3) is 0 Å². The summed E-state index contributed by atoms with van der Waals surface area (Å²) in [6, 6.07) is 0. The zero-order chi connectivity index (χ0) is 9.84. The molecule has 1 unspecified atom stereocenters. The van der Waals surface area contributed by atoms with Crippen molar-refractivity contribution in [1.82, 2.24) is 4.90 Å². The number of nitrogens with two attached hydrogens (primary N) is 1. The van der Waals surface area contributed by atoms with Crippen LogP contribution in [-0.4, -0.2) is 42.4 Å². The Morgan fingerprint density at radius 1 is 1.77 bits per heavy atom. The quantitative estimate of drug-likeness (QED) is 0.319. The number of hydrogen-bond acceptors (Lipinski definition) is 5.